The highest BCUT2D eigenvalue weighted by atomic mass is 32.2. The normalized spacial score (nSPS) is 28.0. The Balaban J connectivity index is 3.15. The summed E-state index contributed by atoms with van der Waals surface area (Å²) in [6.45, 7) is 0. The summed E-state index contributed by atoms with van der Waals surface area (Å²) < 4.78 is 42.3. The molecule has 0 fully saturated rings. The molecule has 0 N–H and O–H groups in total. The smallest absolute Gasteiger partial charge is 0.173 e. The van der Waals surface area contributed by atoms with E-state index in [0.717, 1.165) is 10.8 Å². The van der Waals surface area contributed by atoms with Gasteiger partial charge in [0.1, 0.15) is 0 Å². The molecule has 1 aliphatic rings. The second kappa shape index (κ2) is 2.06. The van der Waals surface area contributed by atoms with Gasteiger partial charge in [-0.25, -0.2) is 16.8 Å². The van der Waals surface area contributed by atoms with Crippen molar-refractivity contribution in [3.8, 4) is 0 Å². The number of rotatable bonds is 0. The summed E-state index contributed by atoms with van der Waals surface area (Å²) in [5.74, 6) is -0.572. The van der Waals surface area contributed by atoms with Crippen LogP contribution in [0.1, 0.15) is 0 Å². The van der Waals surface area contributed by atoms with Crippen molar-refractivity contribution in [2.75, 3.05) is 11.5 Å². The van der Waals surface area contributed by atoms with Crippen molar-refractivity contribution in [2.24, 2.45) is 0 Å². The lowest BCUT2D eigenvalue weighted by molar-refractivity contribution is 0.594. The molecule has 1 heterocycles. The van der Waals surface area contributed by atoms with Crippen LogP contribution in [0, 0.1) is 0 Å². The summed E-state index contributed by atoms with van der Waals surface area (Å²) in [5, 5.41) is 1.48. The summed E-state index contributed by atoms with van der Waals surface area (Å²) in [4.78, 5) is 0. The quantitative estimate of drug-likeness (QED) is 0.497. The topological polar surface area (TPSA) is 68.3 Å². The summed E-state index contributed by atoms with van der Waals surface area (Å²) in [6, 6.07) is 0. The lowest BCUT2D eigenvalue weighted by Crippen LogP contribution is -2.18. The molecule has 0 aliphatic carbocycles. The first-order valence-electron chi connectivity index (χ1n) is 2.55. The van der Waals surface area contributed by atoms with E-state index in [4.69, 9.17) is 0 Å². The summed E-state index contributed by atoms with van der Waals surface area (Å²) in [5.41, 5.74) is 0. The Morgan fingerprint density at radius 1 is 0.800 bits per heavy atom. The lowest BCUT2D eigenvalue weighted by Gasteiger charge is -2.03. The Labute approximate surface area is 59.4 Å². The Morgan fingerprint density at radius 3 is 1.30 bits per heavy atom. The number of sulfone groups is 2. The van der Waals surface area contributed by atoms with Gasteiger partial charge in [-0.05, 0) is 0 Å². The minimum Gasteiger partial charge on any atom is -0.224 e. The Morgan fingerprint density at radius 2 is 1.10 bits per heavy atom. The van der Waals surface area contributed by atoms with Crippen molar-refractivity contribution >= 4 is 19.7 Å². The molecule has 0 radical (unpaired) electrons. The van der Waals surface area contributed by atoms with Gasteiger partial charge in [0, 0.05) is 10.8 Å². The summed E-state index contributed by atoms with van der Waals surface area (Å²) in [6.07, 6.45) is 0. The predicted molar refractivity (Wildman–Crippen MR) is 36.7 cm³/mol. The van der Waals surface area contributed by atoms with E-state index in [1.165, 1.54) is 0 Å². The fourth-order valence-electron chi connectivity index (χ4n) is 0.538. The Bertz CT molecular complexity index is 309. The van der Waals surface area contributed by atoms with Gasteiger partial charge in [-0.3, -0.25) is 0 Å². The molecule has 0 amide bonds. The standard InChI is InChI=1S/C4H6O4S2/c5-9(6)1-2-10(7,8)4-3-9/h1-2H,3-4H2. The first kappa shape index (κ1) is 7.74. The van der Waals surface area contributed by atoms with Crippen LogP contribution in [0.3, 0.4) is 0 Å². The van der Waals surface area contributed by atoms with Gasteiger partial charge in [-0.15, -0.1) is 0 Å². The van der Waals surface area contributed by atoms with Gasteiger partial charge in [0.25, 0.3) is 0 Å². The van der Waals surface area contributed by atoms with Crippen molar-refractivity contribution in [2.45, 2.75) is 0 Å². The van der Waals surface area contributed by atoms with Gasteiger partial charge in [-0.1, -0.05) is 0 Å². The summed E-state index contributed by atoms with van der Waals surface area (Å²) >= 11 is 0. The van der Waals surface area contributed by atoms with Crippen LogP contribution in [0.5, 0.6) is 0 Å². The van der Waals surface area contributed by atoms with Gasteiger partial charge in [0.15, 0.2) is 19.7 Å². The molecule has 0 aromatic rings. The van der Waals surface area contributed by atoms with Gasteiger partial charge in [0.05, 0.1) is 11.5 Å². The number of hydrogen-bond donors (Lipinski definition) is 0. The van der Waals surface area contributed by atoms with E-state index in [-0.39, 0.29) is 11.5 Å². The fourth-order valence-corrected chi connectivity index (χ4v) is 4.02. The lowest BCUT2D eigenvalue weighted by atomic mass is 11.0. The van der Waals surface area contributed by atoms with Crippen molar-refractivity contribution in [3.63, 3.8) is 0 Å². The second-order valence-electron chi connectivity index (χ2n) is 2.01. The van der Waals surface area contributed by atoms with Gasteiger partial charge < -0.3 is 0 Å². The van der Waals surface area contributed by atoms with Crippen LogP contribution in [0.4, 0.5) is 0 Å². The van der Waals surface area contributed by atoms with Crippen LogP contribution >= 0.6 is 0 Å². The average Bonchev–Trinajstić information content (AvgIpc) is 1.79. The maximum Gasteiger partial charge on any atom is 0.173 e. The van der Waals surface area contributed by atoms with E-state index in [0.29, 0.717) is 0 Å². The van der Waals surface area contributed by atoms with E-state index < -0.39 is 19.7 Å². The van der Waals surface area contributed by atoms with Crippen LogP contribution in [0.15, 0.2) is 10.8 Å². The molecular weight excluding hydrogens is 176 g/mol. The van der Waals surface area contributed by atoms with Crippen LogP contribution in [-0.2, 0) is 19.7 Å². The predicted octanol–water partition coefficient (Wildman–Crippen LogP) is -0.699. The molecule has 6 heteroatoms. The van der Waals surface area contributed by atoms with E-state index in [2.05, 4.69) is 0 Å². The molecule has 4 nitrogen and oxygen atoms in total. The third-order valence-corrected chi connectivity index (χ3v) is 4.20. The molecule has 0 saturated carbocycles. The fraction of sp³-hybridized carbons (Fsp3) is 0.500. The molecule has 0 saturated heterocycles. The molecule has 58 valence electrons. The zero-order chi connectivity index (χ0) is 7.83. The van der Waals surface area contributed by atoms with Crippen molar-refractivity contribution in [3.05, 3.63) is 10.8 Å². The molecule has 0 aromatic heterocycles. The first-order valence-corrected chi connectivity index (χ1v) is 5.98. The third-order valence-electron chi connectivity index (χ3n) is 1.12. The van der Waals surface area contributed by atoms with E-state index in [9.17, 15) is 16.8 Å². The highest BCUT2D eigenvalue weighted by Crippen LogP contribution is 2.06. The van der Waals surface area contributed by atoms with E-state index in [1.54, 1.807) is 0 Å². The zero-order valence-corrected chi connectivity index (χ0v) is 6.65. The maximum absolute atomic E-state index is 10.6. The highest BCUT2D eigenvalue weighted by molar-refractivity contribution is 8.01. The van der Waals surface area contributed by atoms with Crippen molar-refractivity contribution in [1.29, 1.82) is 0 Å². The second-order valence-corrected chi connectivity index (χ2v) is 6.02. The van der Waals surface area contributed by atoms with Crippen molar-refractivity contribution in [1.82, 2.24) is 0 Å². The molecule has 0 spiro atoms. The van der Waals surface area contributed by atoms with E-state index >= 15 is 0 Å². The first-order chi connectivity index (χ1) is 4.41. The largest absolute Gasteiger partial charge is 0.224 e. The van der Waals surface area contributed by atoms with Gasteiger partial charge >= 0.3 is 0 Å². The van der Waals surface area contributed by atoms with Gasteiger partial charge in [-0.2, -0.15) is 0 Å². The van der Waals surface area contributed by atoms with Crippen LogP contribution < -0.4 is 0 Å². The SMILES string of the molecule is O=S1(=O)C=CS(=O)(=O)CC1. The van der Waals surface area contributed by atoms with Gasteiger partial charge in [0.2, 0.25) is 0 Å². The zero-order valence-electron chi connectivity index (χ0n) is 5.02. The Kier molecular flexibility index (Phi) is 1.60. The minimum absolute atomic E-state index is 0.286. The Hall–Kier alpha value is -0.360. The average molecular weight is 182 g/mol. The van der Waals surface area contributed by atoms with Crippen LogP contribution in [0.2, 0.25) is 0 Å². The van der Waals surface area contributed by atoms with E-state index in [1.807, 2.05) is 0 Å². The molecule has 0 unspecified atom stereocenters. The molecule has 0 bridgehead atoms. The summed E-state index contributed by atoms with van der Waals surface area (Å²) in [7, 11) is -6.43. The number of hydrogen-bond acceptors (Lipinski definition) is 4. The maximum atomic E-state index is 10.6. The third kappa shape index (κ3) is 1.81. The molecule has 1 aliphatic heterocycles. The minimum atomic E-state index is -3.21. The molecular formula is C4H6O4S2. The molecule has 0 atom stereocenters. The highest BCUT2D eigenvalue weighted by Gasteiger charge is 2.19. The van der Waals surface area contributed by atoms with Crippen LogP contribution in [-0.4, -0.2) is 28.3 Å². The molecule has 1 rings (SSSR count). The molecule has 10 heavy (non-hydrogen) atoms. The monoisotopic (exact) mass is 182 g/mol. The van der Waals surface area contributed by atoms with Crippen LogP contribution in [0.25, 0.3) is 0 Å². The molecule has 0 aromatic carbocycles. The van der Waals surface area contributed by atoms with Crippen molar-refractivity contribution < 1.29 is 16.8 Å².